The molecule has 0 bridgehead atoms. The number of carboxylic acid groups (broad SMARTS) is 1. The maximum Gasteiger partial charge on any atom is 0.325 e. The van der Waals surface area contributed by atoms with Gasteiger partial charge in [-0.3, -0.25) is 9.59 Å². The molecular formula is C16H22N2O4. The van der Waals surface area contributed by atoms with Crippen molar-refractivity contribution in [2.24, 2.45) is 5.73 Å². The third-order valence-electron chi connectivity index (χ3n) is 2.70. The largest absolute Gasteiger partial charge is 0.480 e. The Morgan fingerprint density at radius 3 is 2.36 bits per heavy atom. The Kier molecular flexibility index (Phi) is 9.07. The van der Waals surface area contributed by atoms with Gasteiger partial charge in [-0.1, -0.05) is 24.1 Å². The van der Waals surface area contributed by atoms with Crippen LogP contribution in [0.15, 0.2) is 18.2 Å². The zero-order chi connectivity index (χ0) is 17.1. The molecule has 120 valence electrons. The number of hydrogen-bond donors (Lipinski definition) is 3. The minimum atomic E-state index is -0.840. The van der Waals surface area contributed by atoms with Gasteiger partial charge in [0, 0.05) is 5.69 Å². The highest BCUT2D eigenvalue weighted by atomic mass is 16.5. The number of esters is 1. The van der Waals surface area contributed by atoms with Gasteiger partial charge in [0.1, 0.15) is 6.04 Å². The van der Waals surface area contributed by atoms with E-state index in [2.05, 4.69) is 16.0 Å². The first kappa shape index (κ1) is 19.5. The van der Waals surface area contributed by atoms with E-state index in [1.165, 1.54) is 0 Å². The average Bonchev–Trinajstić information content (AvgIpc) is 2.48. The Bertz CT molecular complexity index is 529. The van der Waals surface area contributed by atoms with Gasteiger partial charge in [0.25, 0.3) is 0 Å². The molecule has 0 fully saturated rings. The van der Waals surface area contributed by atoms with E-state index in [1.807, 2.05) is 32.0 Å². The molecule has 0 saturated carbocycles. The maximum atomic E-state index is 10.7. The molecule has 0 unspecified atom stereocenters. The monoisotopic (exact) mass is 306 g/mol. The molecule has 0 aliphatic rings. The van der Waals surface area contributed by atoms with Crippen LogP contribution >= 0.6 is 0 Å². The van der Waals surface area contributed by atoms with Crippen LogP contribution in [0, 0.1) is 26.2 Å². The van der Waals surface area contributed by atoms with Crippen molar-refractivity contribution in [3.8, 4) is 12.3 Å². The van der Waals surface area contributed by atoms with Gasteiger partial charge in [-0.25, -0.2) is 0 Å². The molecule has 22 heavy (non-hydrogen) atoms. The van der Waals surface area contributed by atoms with Crippen LogP contribution in [0.1, 0.15) is 18.1 Å². The van der Waals surface area contributed by atoms with Crippen molar-refractivity contribution in [2.75, 3.05) is 18.5 Å². The molecule has 0 spiro atoms. The van der Waals surface area contributed by atoms with Crippen LogP contribution in [-0.2, 0) is 14.3 Å². The van der Waals surface area contributed by atoms with Crippen molar-refractivity contribution >= 4 is 17.6 Å². The number of carbonyl (C=O) groups excluding carboxylic acids is 1. The lowest BCUT2D eigenvalue weighted by Gasteiger charge is -2.15. The fourth-order valence-electron chi connectivity index (χ4n) is 1.50. The fourth-order valence-corrected chi connectivity index (χ4v) is 1.50. The van der Waals surface area contributed by atoms with E-state index in [0.29, 0.717) is 0 Å². The molecule has 1 aromatic carbocycles. The number of aryl methyl sites for hydroxylation is 2. The number of terminal acetylenes is 1. The van der Waals surface area contributed by atoms with E-state index in [0.717, 1.165) is 16.8 Å². The predicted octanol–water partition coefficient (Wildman–Crippen LogP) is 1.31. The smallest absolute Gasteiger partial charge is 0.325 e. The molecule has 1 rings (SSSR count). The van der Waals surface area contributed by atoms with Crippen molar-refractivity contribution in [2.45, 2.75) is 26.8 Å². The number of anilines is 1. The molecule has 1 atom stereocenters. The second-order valence-corrected chi connectivity index (χ2v) is 4.54. The van der Waals surface area contributed by atoms with Crippen LogP contribution in [0.5, 0.6) is 0 Å². The molecule has 0 aromatic heterocycles. The summed E-state index contributed by atoms with van der Waals surface area (Å²) in [5.41, 5.74) is 7.92. The zero-order valence-corrected chi connectivity index (χ0v) is 13.1. The lowest BCUT2D eigenvalue weighted by atomic mass is 10.1. The van der Waals surface area contributed by atoms with Gasteiger partial charge < -0.3 is 20.9 Å². The molecule has 6 heteroatoms. The molecule has 4 N–H and O–H groups in total. The molecule has 0 saturated heterocycles. The number of ether oxygens (including phenoxy) is 1. The number of nitrogens with two attached hydrogens (primary N) is 1. The first-order chi connectivity index (χ1) is 10.3. The summed E-state index contributed by atoms with van der Waals surface area (Å²) < 4.78 is 4.34. The molecule has 0 amide bonds. The summed E-state index contributed by atoms with van der Waals surface area (Å²) in [4.78, 5) is 20.8. The van der Waals surface area contributed by atoms with Gasteiger partial charge in [-0.15, -0.1) is 6.42 Å². The van der Waals surface area contributed by atoms with Crippen LogP contribution in [0.2, 0.25) is 0 Å². The molecular weight excluding hydrogens is 284 g/mol. The first-order valence-electron chi connectivity index (χ1n) is 6.68. The van der Waals surface area contributed by atoms with E-state index >= 15 is 0 Å². The Balaban J connectivity index is 0.000000472. The van der Waals surface area contributed by atoms with E-state index < -0.39 is 18.0 Å². The minimum absolute atomic E-state index is 0.00995. The third kappa shape index (κ3) is 7.31. The van der Waals surface area contributed by atoms with Crippen LogP contribution in [0.25, 0.3) is 0 Å². The second-order valence-electron chi connectivity index (χ2n) is 4.54. The van der Waals surface area contributed by atoms with Crippen molar-refractivity contribution in [3.05, 3.63) is 29.3 Å². The van der Waals surface area contributed by atoms with E-state index in [-0.39, 0.29) is 13.2 Å². The predicted molar refractivity (Wildman–Crippen MR) is 85.5 cm³/mol. The quantitative estimate of drug-likeness (QED) is 0.560. The molecule has 0 heterocycles. The molecule has 0 aliphatic heterocycles. The summed E-state index contributed by atoms with van der Waals surface area (Å²) in [6, 6.07) is 5.32. The molecule has 0 radical (unpaired) electrons. The molecule has 0 aliphatic carbocycles. The van der Waals surface area contributed by atoms with Gasteiger partial charge >= 0.3 is 11.9 Å². The first-order valence-corrected chi connectivity index (χ1v) is 6.68. The van der Waals surface area contributed by atoms with Gasteiger partial charge in [0.05, 0.1) is 6.54 Å². The SMILES string of the molecule is C#CCOC(=O)CN.Cc1cccc(C)c1N[C@@H](C)C(=O)O. The number of nitrogens with one attached hydrogen (secondary N) is 1. The Morgan fingerprint density at radius 1 is 1.41 bits per heavy atom. The van der Waals surface area contributed by atoms with Crippen LogP contribution in [-0.4, -0.2) is 36.2 Å². The number of carboxylic acids is 1. The molecule has 1 aromatic rings. The maximum absolute atomic E-state index is 10.7. The normalized spacial score (nSPS) is 10.5. The summed E-state index contributed by atoms with van der Waals surface area (Å²) in [5, 5.41) is 11.7. The highest BCUT2D eigenvalue weighted by Gasteiger charge is 2.12. The zero-order valence-electron chi connectivity index (χ0n) is 13.1. The molecule has 6 nitrogen and oxygen atoms in total. The lowest BCUT2D eigenvalue weighted by Crippen LogP contribution is -2.26. The van der Waals surface area contributed by atoms with Crippen LogP contribution in [0.3, 0.4) is 0 Å². The Hall–Kier alpha value is -2.52. The number of carbonyl (C=O) groups is 2. The van der Waals surface area contributed by atoms with E-state index in [1.54, 1.807) is 6.92 Å². The number of para-hydroxylation sites is 1. The Labute approximate surface area is 130 Å². The third-order valence-corrected chi connectivity index (χ3v) is 2.70. The van der Waals surface area contributed by atoms with Gasteiger partial charge in [0.15, 0.2) is 6.61 Å². The topological polar surface area (TPSA) is 102 Å². The van der Waals surface area contributed by atoms with Crippen molar-refractivity contribution in [1.82, 2.24) is 0 Å². The lowest BCUT2D eigenvalue weighted by molar-refractivity contribution is -0.140. The second kappa shape index (κ2) is 10.2. The van der Waals surface area contributed by atoms with Crippen molar-refractivity contribution < 1.29 is 19.4 Å². The number of hydrogen-bond acceptors (Lipinski definition) is 5. The van der Waals surface area contributed by atoms with Gasteiger partial charge in [-0.2, -0.15) is 0 Å². The van der Waals surface area contributed by atoms with Gasteiger partial charge in [-0.05, 0) is 31.9 Å². The minimum Gasteiger partial charge on any atom is -0.480 e. The van der Waals surface area contributed by atoms with Crippen molar-refractivity contribution in [1.29, 1.82) is 0 Å². The number of aliphatic carboxylic acids is 1. The standard InChI is InChI=1S/C11H15NO2.C5H7NO2/c1-7-5-4-6-8(2)10(7)12-9(3)11(13)14;1-2-3-8-5(7)4-6/h4-6,9,12H,1-3H3,(H,13,14);1H,3-4,6H2/t9-;/m0./s1. The van der Waals surface area contributed by atoms with E-state index in [9.17, 15) is 9.59 Å². The van der Waals surface area contributed by atoms with Crippen LogP contribution < -0.4 is 11.1 Å². The summed E-state index contributed by atoms with van der Waals surface area (Å²) in [7, 11) is 0. The summed E-state index contributed by atoms with van der Waals surface area (Å²) >= 11 is 0. The van der Waals surface area contributed by atoms with Crippen LogP contribution in [0.4, 0.5) is 5.69 Å². The fraction of sp³-hybridized carbons (Fsp3) is 0.375. The summed E-state index contributed by atoms with van der Waals surface area (Å²) in [6.07, 6.45) is 4.76. The number of benzene rings is 1. The highest BCUT2D eigenvalue weighted by molar-refractivity contribution is 5.77. The number of rotatable bonds is 5. The average molecular weight is 306 g/mol. The highest BCUT2D eigenvalue weighted by Crippen LogP contribution is 2.20. The van der Waals surface area contributed by atoms with Gasteiger partial charge in [0.2, 0.25) is 0 Å². The Morgan fingerprint density at radius 2 is 1.95 bits per heavy atom. The van der Waals surface area contributed by atoms with E-state index in [4.69, 9.17) is 17.3 Å². The van der Waals surface area contributed by atoms with Crippen molar-refractivity contribution in [3.63, 3.8) is 0 Å². The summed E-state index contributed by atoms with van der Waals surface area (Å²) in [6.45, 7) is 5.46. The summed E-state index contributed by atoms with van der Waals surface area (Å²) in [5.74, 6) is 0.825.